The lowest BCUT2D eigenvalue weighted by Crippen LogP contribution is -2.54. The minimum Gasteiger partial charge on any atom is -0.330 e. The number of hydrogen-bond donors (Lipinski definition) is 0. The number of rotatable bonds is 2. The molecule has 2 aliphatic rings. The van der Waals surface area contributed by atoms with Crippen molar-refractivity contribution >= 4 is 11.7 Å². The van der Waals surface area contributed by atoms with Crippen LogP contribution < -0.4 is 0 Å². The number of amides is 1. The molecule has 19 heavy (non-hydrogen) atoms. The first kappa shape index (κ1) is 14.5. The average molecular weight is 266 g/mol. The van der Waals surface area contributed by atoms with E-state index >= 15 is 0 Å². The second-order valence-electron chi connectivity index (χ2n) is 6.81. The molecule has 4 nitrogen and oxygen atoms in total. The Balaban J connectivity index is 1.96. The van der Waals surface area contributed by atoms with Crippen molar-refractivity contribution in [3.05, 3.63) is 0 Å². The summed E-state index contributed by atoms with van der Waals surface area (Å²) in [6.45, 7) is 6.61. The van der Waals surface area contributed by atoms with Crippen LogP contribution in [0.1, 0.15) is 46.0 Å². The Morgan fingerprint density at radius 3 is 2.84 bits per heavy atom. The van der Waals surface area contributed by atoms with Gasteiger partial charge in [-0.15, -0.1) is 0 Å². The fourth-order valence-electron chi connectivity index (χ4n) is 3.27. The van der Waals surface area contributed by atoms with Gasteiger partial charge in [-0.3, -0.25) is 9.59 Å². The molecule has 0 N–H and O–H groups in total. The van der Waals surface area contributed by atoms with Gasteiger partial charge >= 0.3 is 0 Å². The molecule has 2 saturated heterocycles. The molecule has 0 aromatic rings. The molecule has 0 spiro atoms. The summed E-state index contributed by atoms with van der Waals surface area (Å²) in [6, 6.07) is 0. The van der Waals surface area contributed by atoms with E-state index in [2.05, 4.69) is 25.8 Å². The van der Waals surface area contributed by atoms with Gasteiger partial charge in [0.15, 0.2) is 5.78 Å². The fourth-order valence-corrected chi connectivity index (χ4v) is 3.27. The minimum atomic E-state index is -0.161. The highest BCUT2D eigenvalue weighted by atomic mass is 16.2. The Labute approximate surface area is 116 Å². The molecule has 1 amide bonds. The summed E-state index contributed by atoms with van der Waals surface area (Å²) < 4.78 is 0. The molecule has 108 valence electrons. The van der Waals surface area contributed by atoms with Crippen molar-refractivity contribution in [3.8, 4) is 0 Å². The summed E-state index contributed by atoms with van der Waals surface area (Å²) in [6.07, 6.45) is 4.32. The van der Waals surface area contributed by atoms with E-state index in [1.807, 2.05) is 4.90 Å². The molecule has 2 rings (SSSR count). The van der Waals surface area contributed by atoms with E-state index in [1.54, 1.807) is 0 Å². The van der Waals surface area contributed by atoms with E-state index in [0.29, 0.717) is 25.3 Å². The zero-order valence-corrected chi connectivity index (χ0v) is 12.4. The normalized spacial score (nSPS) is 28.5. The van der Waals surface area contributed by atoms with Crippen LogP contribution in [0.2, 0.25) is 0 Å². The topological polar surface area (TPSA) is 40.6 Å². The van der Waals surface area contributed by atoms with Crippen LogP contribution in [0.3, 0.4) is 0 Å². The fraction of sp³-hybridized carbons (Fsp3) is 0.867. The molecular formula is C15H26N2O2. The highest BCUT2D eigenvalue weighted by molar-refractivity contribution is 5.88. The number of carbonyl (C=O) groups is 2. The smallest absolute Gasteiger partial charge is 0.223 e. The summed E-state index contributed by atoms with van der Waals surface area (Å²) in [5.74, 6) is 0.825. The first-order valence-electron chi connectivity index (χ1n) is 7.39. The Morgan fingerprint density at radius 1 is 1.42 bits per heavy atom. The first-order chi connectivity index (χ1) is 8.88. The zero-order chi connectivity index (χ0) is 14.0. The third-order valence-corrected chi connectivity index (χ3v) is 4.57. The lowest BCUT2D eigenvalue weighted by molar-refractivity contribution is -0.145. The van der Waals surface area contributed by atoms with Gasteiger partial charge in [-0.05, 0) is 52.6 Å². The van der Waals surface area contributed by atoms with Crippen molar-refractivity contribution in [3.63, 3.8) is 0 Å². The molecule has 0 aromatic heterocycles. The lowest BCUT2D eigenvalue weighted by Gasteiger charge is -2.42. The van der Waals surface area contributed by atoms with Crippen LogP contribution in [0, 0.1) is 5.92 Å². The molecule has 0 radical (unpaired) electrons. The van der Waals surface area contributed by atoms with Crippen LogP contribution in [-0.4, -0.2) is 53.7 Å². The lowest BCUT2D eigenvalue weighted by atomic mass is 9.88. The number of piperidine rings is 2. The van der Waals surface area contributed by atoms with Crippen LogP contribution in [0.25, 0.3) is 0 Å². The van der Waals surface area contributed by atoms with Crippen LogP contribution in [0.15, 0.2) is 0 Å². The van der Waals surface area contributed by atoms with Crippen molar-refractivity contribution in [1.82, 2.24) is 9.80 Å². The number of carbonyl (C=O) groups excluding carboxylic acids is 2. The molecule has 1 atom stereocenters. The number of likely N-dealkylation sites (tertiary alicyclic amines) is 2. The van der Waals surface area contributed by atoms with E-state index < -0.39 is 0 Å². The third-order valence-electron chi connectivity index (χ3n) is 4.57. The molecule has 2 fully saturated rings. The number of Topliss-reactive ketones (excluding diaryl/α,β-unsaturated/α-hetero) is 1. The largest absolute Gasteiger partial charge is 0.330 e. The van der Waals surface area contributed by atoms with Crippen LogP contribution in [0.5, 0.6) is 0 Å². The molecule has 2 heterocycles. The summed E-state index contributed by atoms with van der Waals surface area (Å²) in [5, 5.41) is 0. The van der Waals surface area contributed by atoms with Gasteiger partial charge in [0.2, 0.25) is 5.91 Å². The second kappa shape index (κ2) is 5.61. The molecule has 0 bridgehead atoms. The summed E-state index contributed by atoms with van der Waals surface area (Å²) in [4.78, 5) is 28.2. The molecule has 0 saturated carbocycles. The quantitative estimate of drug-likeness (QED) is 0.763. The van der Waals surface area contributed by atoms with Crippen molar-refractivity contribution < 1.29 is 9.59 Å². The van der Waals surface area contributed by atoms with E-state index in [0.717, 1.165) is 25.9 Å². The standard InChI is InChI=1S/C15H26N2O2/c1-15(2)7-6-13(18)11-17(15)14(19)9-12-5-4-8-16(3)10-12/h12H,4-11H2,1-3H3. The van der Waals surface area contributed by atoms with Gasteiger partial charge < -0.3 is 9.80 Å². The van der Waals surface area contributed by atoms with Crippen molar-refractivity contribution in [1.29, 1.82) is 0 Å². The van der Waals surface area contributed by atoms with Crippen molar-refractivity contribution in [2.45, 2.75) is 51.5 Å². The minimum absolute atomic E-state index is 0.161. The molecule has 0 aromatic carbocycles. The maximum atomic E-state index is 12.5. The zero-order valence-electron chi connectivity index (χ0n) is 12.4. The van der Waals surface area contributed by atoms with E-state index in [1.165, 1.54) is 6.42 Å². The predicted octanol–water partition coefficient (Wildman–Crippen LogP) is 1.69. The van der Waals surface area contributed by atoms with Crippen molar-refractivity contribution in [2.24, 2.45) is 5.92 Å². The number of ketones is 1. The maximum Gasteiger partial charge on any atom is 0.223 e. The number of hydrogen-bond acceptors (Lipinski definition) is 3. The maximum absolute atomic E-state index is 12.5. The Morgan fingerprint density at radius 2 is 2.16 bits per heavy atom. The average Bonchev–Trinajstić information content (AvgIpc) is 2.32. The van der Waals surface area contributed by atoms with Gasteiger partial charge in [-0.25, -0.2) is 0 Å². The van der Waals surface area contributed by atoms with Gasteiger partial charge in [0.25, 0.3) is 0 Å². The number of nitrogens with zero attached hydrogens (tertiary/aromatic N) is 2. The molecule has 0 aliphatic carbocycles. The first-order valence-corrected chi connectivity index (χ1v) is 7.39. The SMILES string of the molecule is CN1CCCC(CC(=O)N2CC(=O)CCC2(C)C)C1. The summed E-state index contributed by atoms with van der Waals surface area (Å²) in [7, 11) is 2.12. The van der Waals surface area contributed by atoms with Crippen molar-refractivity contribution in [2.75, 3.05) is 26.7 Å². The Hall–Kier alpha value is -0.900. The van der Waals surface area contributed by atoms with E-state index in [9.17, 15) is 9.59 Å². The van der Waals surface area contributed by atoms with Gasteiger partial charge in [0, 0.05) is 24.9 Å². The highest BCUT2D eigenvalue weighted by Crippen LogP contribution is 2.28. The Kier molecular flexibility index (Phi) is 4.29. The summed E-state index contributed by atoms with van der Waals surface area (Å²) >= 11 is 0. The molecular weight excluding hydrogens is 240 g/mol. The van der Waals surface area contributed by atoms with E-state index in [-0.39, 0.29) is 17.2 Å². The van der Waals surface area contributed by atoms with Crippen LogP contribution in [0.4, 0.5) is 0 Å². The Bertz CT molecular complexity index is 365. The van der Waals surface area contributed by atoms with Gasteiger partial charge in [0.1, 0.15) is 0 Å². The van der Waals surface area contributed by atoms with E-state index in [4.69, 9.17) is 0 Å². The van der Waals surface area contributed by atoms with Crippen LogP contribution in [-0.2, 0) is 9.59 Å². The van der Waals surface area contributed by atoms with Gasteiger partial charge in [-0.1, -0.05) is 0 Å². The molecule has 1 unspecified atom stereocenters. The highest BCUT2D eigenvalue weighted by Gasteiger charge is 2.37. The molecule has 4 heteroatoms. The third kappa shape index (κ3) is 3.56. The van der Waals surface area contributed by atoms with Crippen LogP contribution >= 0.6 is 0 Å². The van der Waals surface area contributed by atoms with Gasteiger partial charge in [-0.2, -0.15) is 0 Å². The van der Waals surface area contributed by atoms with Gasteiger partial charge in [0.05, 0.1) is 6.54 Å². The summed E-state index contributed by atoms with van der Waals surface area (Å²) in [5.41, 5.74) is -0.161. The monoisotopic (exact) mass is 266 g/mol. The second-order valence-corrected chi connectivity index (χ2v) is 6.81. The predicted molar refractivity (Wildman–Crippen MR) is 74.9 cm³/mol. The molecule has 2 aliphatic heterocycles.